The van der Waals surface area contributed by atoms with E-state index in [9.17, 15) is 4.79 Å². The first-order chi connectivity index (χ1) is 9.17. The molecule has 0 bridgehead atoms. The van der Waals surface area contributed by atoms with Gasteiger partial charge in [-0.2, -0.15) is 0 Å². The summed E-state index contributed by atoms with van der Waals surface area (Å²) >= 11 is 0. The first-order valence-corrected chi connectivity index (χ1v) is 6.22. The maximum absolute atomic E-state index is 11.3. The zero-order valence-electron chi connectivity index (χ0n) is 11.7. The van der Waals surface area contributed by atoms with Gasteiger partial charge >= 0.3 is 5.97 Å². The van der Waals surface area contributed by atoms with Crippen molar-refractivity contribution in [3.05, 3.63) is 59.4 Å². The molecule has 3 nitrogen and oxygen atoms in total. The third kappa shape index (κ3) is 5.42. The van der Waals surface area contributed by atoms with E-state index in [1.165, 1.54) is 19.8 Å². The summed E-state index contributed by atoms with van der Waals surface area (Å²) in [5.41, 5.74) is 2.29. The van der Waals surface area contributed by atoms with Crippen LogP contribution in [0.2, 0.25) is 0 Å². The molecule has 0 N–H and O–H groups in total. The molecule has 1 aromatic rings. The Morgan fingerprint density at radius 3 is 2.42 bits per heavy atom. The molecular formula is C16H20O3. The molecule has 1 aromatic carbocycles. The number of rotatable bonds is 6. The van der Waals surface area contributed by atoms with Gasteiger partial charge in [0, 0.05) is 0 Å². The van der Waals surface area contributed by atoms with Crippen LogP contribution in [0.4, 0.5) is 0 Å². The first kappa shape index (κ1) is 15.0. The second-order valence-electron chi connectivity index (χ2n) is 4.18. The maximum atomic E-state index is 11.3. The second kappa shape index (κ2) is 8.14. The standard InChI is InChI=1S/C16H20O3/c1-13(12-15(18-2)16(17)19-3)8-7-11-14-9-5-4-6-10-14/h4-6,8-10,12H,7,11H2,1-3H3/b13-8+,15-12-. The Hall–Kier alpha value is -2.03. The van der Waals surface area contributed by atoms with Gasteiger partial charge in [0.1, 0.15) is 0 Å². The van der Waals surface area contributed by atoms with E-state index in [4.69, 9.17) is 4.74 Å². The molecule has 0 saturated heterocycles. The van der Waals surface area contributed by atoms with Crippen LogP contribution in [0.1, 0.15) is 18.9 Å². The number of carbonyl (C=O) groups excluding carboxylic acids is 1. The van der Waals surface area contributed by atoms with Crippen molar-refractivity contribution in [2.45, 2.75) is 19.8 Å². The van der Waals surface area contributed by atoms with Gasteiger partial charge in [0.2, 0.25) is 5.76 Å². The van der Waals surface area contributed by atoms with Gasteiger partial charge in [-0.15, -0.1) is 0 Å². The molecule has 0 aliphatic carbocycles. The molecule has 0 heterocycles. The monoisotopic (exact) mass is 260 g/mol. The van der Waals surface area contributed by atoms with Crippen LogP contribution >= 0.6 is 0 Å². The van der Waals surface area contributed by atoms with Crippen LogP contribution in [-0.4, -0.2) is 20.2 Å². The molecule has 0 aliphatic heterocycles. The van der Waals surface area contributed by atoms with Gasteiger partial charge in [-0.25, -0.2) is 4.79 Å². The molecule has 0 aromatic heterocycles. The van der Waals surface area contributed by atoms with Crippen LogP contribution in [0.15, 0.2) is 53.8 Å². The highest BCUT2D eigenvalue weighted by atomic mass is 16.6. The number of methoxy groups -OCH3 is 2. The lowest BCUT2D eigenvalue weighted by Crippen LogP contribution is -2.06. The number of ether oxygens (including phenoxy) is 2. The van der Waals surface area contributed by atoms with Crippen molar-refractivity contribution < 1.29 is 14.3 Å². The predicted octanol–water partition coefficient (Wildman–Crippen LogP) is 3.27. The summed E-state index contributed by atoms with van der Waals surface area (Å²) < 4.78 is 9.60. The number of benzene rings is 1. The third-order valence-electron chi connectivity index (χ3n) is 2.71. The summed E-state index contributed by atoms with van der Waals surface area (Å²) in [4.78, 5) is 11.3. The molecule has 0 aliphatic rings. The van der Waals surface area contributed by atoms with Gasteiger partial charge in [0.25, 0.3) is 0 Å². The van der Waals surface area contributed by atoms with Crippen LogP contribution in [0, 0.1) is 0 Å². The summed E-state index contributed by atoms with van der Waals surface area (Å²) in [7, 11) is 2.80. The van der Waals surface area contributed by atoms with E-state index in [-0.39, 0.29) is 5.76 Å². The molecule has 19 heavy (non-hydrogen) atoms. The first-order valence-electron chi connectivity index (χ1n) is 6.22. The Morgan fingerprint density at radius 2 is 1.84 bits per heavy atom. The number of allylic oxidation sites excluding steroid dienone is 3. The minimum atomic E-state index is -0.460. The highest BCUT2D eigenvalue weighted by Crippen LogP contribution is 2.08. The number of esters is 1. The number of hydrogen-bond donors (Lipinski definition) is 0. The molecule has 0 saturated carbocycles. The Kier molecular flexibility index (Phi) is 6.44. The van der Waals surface area contributed by atoms with Crippen LogP contribution in [0.3, 0.4) is 0 Å². The van der Waals surface area contributed by atoms with Gasteiger partial charge in [-0.3, -0.25) is 0 Å². The molecule has 0 fully saturated rings. The third-order valence-corrected chi connectivity index (χ3v) is 2.71. The van der Waals surface area contributed by atoms with Crippen LogP contribution in [0.5, 0.6) is 0 Å². The van der Waals surface area contributed by atoms with Crippen molar-refractivity contribution >= 4 is 5.97 Å². The molecule has 0 amide bonds. The van der Waals surface area contributed by atoms with Crippen molar-refractivity contribution in [3.8, 4) is 0 Å². The Labute approximate surface area is 114 Å². The maximum Gasteiger partial charge on any atom is 0.373 e. The molecule has 3 heteroatoms. The minimum absolute atomic E-state index is 0.218. The van der Waals surface area contributed by atoms with Crippen molar-refractivity contribution in [2.24, 2.45) is 0 Å². The summed E-state index contributed by atoms with van der Waals surface area (Å²) in [6.45, 7) is 1.94. The molecular weight excluding hydrogens is 240 g/mol. The van der Waals surface area contributed by atoms with Gasteiger partial charge in [0.05, 0.1) is 14.2 Å². The topological polar surface area (TPSA) is 35.5 Å². The van der Waals surface area contributed by atoms with Gasteiger partial charge < -0.3 is 9.47 Å². The largest absolute Gasteiger partial charge is 0.490 e. The number of hydrogen-bond acceptors (Lipinski definition) is 3. The van der Waals surface area contributed by atoms with E-state index in [0.29, 0.717) is 0 Å². The molecule has 102 valence electrons. The average Bonchev–Trinajstić information content (AvgIpc) is 2.45. The van der Waals surface area contributed by atoms with Crippen molar-refractivity contribution in [1.29, 1.82) is 0 Å². The summed E-state index contributed by atoms with van der Waals surface area (Å²) in [6, 6.07) is 10.3. The zero-order chi connectivity index (χ0) is 14.1. The van der Waals surface area contributed by atoms with Gasteiger partial charge in [-0.05, 0) is 31.4 Å². The minimum Gasteiger partial charge on any atom is -0.490 e. The van der Waals surface area contributed by atoms with Gasteiger partial charge in [-0.1, -0.05) is 42.0 Å². The van der Waals surface area contributed by atoms with Crippen LogP contribution in [0.25, 0.3) is 0 Å². The van der Waals surface area contributed by atoms with E-state index in [1.807, 2.05) is 25.1 Å². The van der Waals surface area contributed by atoms with E-state index < -0.39 is 5.97 Å². The quantitative estimate of drug-likeness (QED) is 0.341. The van der Waals surface area contributed by atoms with E-state index in [0.717, 1.165) is 18.4 Å². The molecule has 0 atom stereocenters. The van der Waals surface area contributed by atoms with Crippen LogP contribution in [-0.2, 0) is 20.7 Å². The lowest BCUT2D eigenvalue weighted by Gasteiger charge is -2.03. The zero-order valence-corrected chi connectivity index (χ0v) is 11.7. The van der Waals surface area contributed by atoms with E-state index in [2.05, 4.69) is 22.9 Å². The Balaban J connectivity index is 2.57. The molecule has 0 unspecified atom stereocenters. The second-order valence-corrected chi connectivity index (χ2v) is 4.18. The fraction of sp³-hybridized carbons (Fsp3) is 0.312. The smallest absolute Gasteiger partial charge is 0.373 e. The molecule has 0 spiro atoms. The highest BCUT2D eigenvalue weighted by molar-refractivity contribution is 5.86. The van der Waals surface area contributed by atoms with E-state index >= 15 is 0 Å². The fourth-order valence-electron chi connectivity index (χ4n) is 1.68. The molecule has 0 radical (unpaired) electrons. The number of carbonyl (C=O) groups is 1. The normalized spacial score (nSPS) is 12.2. The van der Waals surface area contributed by atoms with Crippen molar-refractivity contribution in [1.82, 2.24) is 0 Å². The summed E-state index contributed by atoms with van der Waals surface area (Å²) in [5.74, 6) is -0.241. The summed E-state index contributed by atoms with van der Waals surface area (Å²) in [6.07, 6.45) is 5.67. The van der Waals surface area contributed by atoms with Crippen molar-refractivity contribution in [2.75, 3.05) is 14.2 Å². The Bertz CT molecular complexity index is 458. The summed E-state index contributed by atoms with van der Waals surface area (Å²) in [5, 5.41) is 0. The van der Waals surface area contributed by atoms with Gasteiger partial charge in [0.15, 0.2) is 0 Å². The highest BCUT2D eigenvalue weighted by Gasteiger charge is 2.08. The van der Waals surface area contributed by atoms with E-state index in [1.54, 1.807) is 6.08 Å². The SMILES string of the molecule is COC(=O)/C(=C/C(C)=C/CCc1ccccc1)OC. The molecule has 1 rings (SSSR count). The predicted molar refractivity (Wildman–Crippen MR) is 75.6 cm³/mol. The lowest BCUT2D eigenvalue weighted by molar-refractivity contribution is -0.139. The number of aryl methyl sites for hydroxylation is 1. The Morgan fingerprint density at radius 1 is 1.16 bits per heavy atom. The lowest BCUT2D eigenvalue weighted by atomic mass is 10.1. The fourth-order valence-corrected chi connectivity index (χ4v) is 1.68. The van der Waals surface area contributed by atoms with Crippen LogP contribution < -0.4 is 0 Å². The van der Waals surface area contributed by atoms with Crippen molar-refractivity contribution in [3.63, 3.8) is 0 Å². The average molecular weight is 260 g/mol.